The summed E-state index contributed by atoms with van der Waals surface area (Å²) in [7, 11) is -2.94. The van der Waals surface area contributed by atoms with Crippen molar-refractivity contribution in [1.82, 2.24) is 4.57 Å². The maximum Gasteiger partial charge on any atom is 0.149 e. The third kappa shape index (κ3) is 2.68. The van der Waals surface area contributed by atoms with Crippen molar-refractivity contribution in [3.63, 3.8) is 0 Å². The molecule has 2 N–H and O–H groups in total. The van der Waals surface area contributed by atoms with E-state index in [0.29, 0.717) is 13.1 Å². The van der Waals surface area contributed by atoms with E-state index in [9.17, 15) is 8.42 Å². The van der Waals surface area contributed by atoms with Gasteiger partial charge in [0, 0.05) is 36.4 Å². The molecule has 0 amide bonds. The molecule has 17 heavy (non-hydrogen) atoms. The van der Waals surface area contributed by atoms with Gasteiger partial charge in [0.15, 0.2) is 0 Å². The Labute approximate surface area is 101 Å². The largest absolute Gasteiger partial charge is 0.346 e. The van der Waals surface area contributed by atoms with E-state index in [1.54, 1.807) is 0 Å². The first kappa shape index (κ1) is 12.1. The number of fused-ring (bicyclic) bond motifs is 1. The van der Waals surface area contributed by atoms with Crippen LogP contribution in [0.15, 0.2) is 30.5 Å². The lowest BCUT2D eigenvalue weighted by molar-refractivity contribution is 0.596. The molecule has 0 spiro atoms. The number of hydrogen-bond acceptors (Lipinski definition) is 3. The van der Waals surface area contributed by atoms with Crippen LogP contribution in [0.25, 0.3) is 10.9 Å². The normalized spacial score (nSPS) is 12.1. The molecule has 0 aliphatic heterocycles. The number of benzene rings is 1. The highest BCUT2D eigenvalue weighted by atomic mass is 32.2. The molecule has 0 aliphatic rings. The quantitative estimate of drug-likeness (QED) is 0.887. The SMILES string of the molecule is CS(=O)(=O)CCn1cc(CN)c2ccccc21. The number of nitrogens with two attached hydrogens (primary N) is 1. The van der Waals surface area contributed by atoms with Gasteiger partial charge in [0.25, 0.3) is 0 Å². The third-order valence-corrected chi connectivity index (χ3v) is 3.72. The van der Waals surface area contributed by atoms with Gasteiger partial charge in [-0.1, -0.05) is 18.2 Å². The highest BCUT2D eigenvalue weighted by molar-refractivity contribution is 7.90. The summed E-state index contributed by atoms with van der Waals surface area (Å²) in [5, 5.41) is 1.10. The summed E-state index contributed by atoms with van der Waals surface area (Å²) in [5.74, 6) is 0.148. The summed E-state index contributed by atoms with van der Waals surface area (Å²) in [6.07, 6.45) is 3.19. The molecule has 0 fully saturated rings. The van der Waals surface area contributed by atoms with Crippen molar-refractivity contribution in [2.24, 2.45) is 5.73 Å². The molecule has 2 aromatic rings. The van der Waals surface area contributed by atoms with Crippen molar-refractivity contribution < 1.29 is 8.42 Å². The van der Waals surface area contributed by atoms with Gasteiger partial charge >= 0.3 is 0 Å². The molecule has 0 saturated carbocycles. The van der Waals surface area contributed by atoms with Crippen LogP contribution in [0, 0.1) is 0 Å². The summed E-state index contributed by atoms with van der Waals surface area (Å²) in [6.45, 7) is 0.936. The van der Waals surface area contributed by atoms with Gasteiger partial charge in [-0.3, -0.25) is 0 Å². The number of aromatic nitrogens is 1. The van der Waals surface area contributed by atoms with Crippen LogP contribution in [-0.4, -0.2) is 25.0 Å². The summed E-state index contributed by atoms with van der Waals surface area (Å²) < 4.78 is 24.3. The second kappa shape index (κ2) is 4.50. The predicted octanol–water partition coefficient (Wildman–Crippen LogP) is 1.14. The topological polar surface area (TPSA) is 65.1 Å². The van der Waals surface area contributed by atoms with Crippen LogP contribution < -0.4 is 5.73 Å². The summed E-state index contributed by atoms with van der Waals surface area (Å²) in [5.41, 5.74) is 7.77. The number of para-hydroxylation sites is 1. The fraction of sp³-hybridized carbons (Fsp3) is 0.333. The monoisotopic (exact) mass is 252 g/mol. The minimum absolute atomic E-state index is 0.148. The molecule has 92 valence electrons. The Morgan fingerprint density at radius 2 is 2.00 bits per heavy atom. The van der Waals surface area contributed by atoms with Gasteiger partial charge in [0.2, 0.25) is 0 Å². The fourth-order valence-corrected chi connectivity index (χ4v) is 2.46. The number of sulfone groups is 1. The Balaban J connectivity index is 2.41. The van der Waals surface area contributed by atoms with E-state index in [-0.39, 0.29) is 5.75 Å². The lowest BCUT2D eigenvalue weighted by atomic mass is 10.2. The molecule has 0 radical (unpaired) electrons. The molecule has 4 nitrogen and oxygen atoms in total. The molecule has 0 saturated heterocycles. The van der Waals surface area contributed by atoms with Gasteiger partial charge in [-0.2, -0.15) is 0 Å². The second-order valence-corrected chi connectivity index (χ2v) is 6.46. The minimum Gasteiger partial charge on any atom is -0.346 e. The lowest BCUT2D eigenvalue weighted by Gasteiger charge is -2.03. The summed E-state index contributed by atoms with van der Waals surface area (Å²) in [6, 6.07) is 7.90. The van der Waals surface area contributed by atoms with E-state index < -0.39 is 9.84 Å². The van der Waals surface area contributed by atoms with Crippen molar-refractivity contribution >= 4 is 20.7 Å². The van der Waals surface area contributed by atoms with Crippen molar-refractivity contribution in [2.45, 2.75) is 13.1 Å². The van der Waals surface area contributed by atoms with Gasteiger partial charge in [-0.15, -0.1) is 0 Å². The van der Waals surface area contributed by atoms with Gasteiger partial charge < -0.3 is 10.3 Å². The molecular formula is C12H16N2O2S. The maximum atomic E-state index is 11.2. The molecule has 0 bridgehead atoms. The zero-order valence-electron chi connectivity index (χ0n) is 9.76. The molecule has 1 aromatic carbocycles. The Bertz CT molecular complexity index is 629. The van der Waals surface area contributed by atoms with Crippen LogP contribution >= 0.6 is 0 Å². The van der Waals surface area contributed by atoms with E-state index in [1.165, 1.54) is 6.26 Å². The van der Waals surface area contributed by atoms with E-state index in [4.69, 9.17) is 5.73 Å². The average molecular weight is 252 g/mol. The average Bonchev–Trinajstić information content (AvgIpc) is 2.64. The molecule has 0 aliphatic carbocycles. The zero-order chi connectivity index (χ0) is 12.5. The number of rotatable bonds is 4. The first-order chi connectivity index (χ1) is 8.01. The summed E-state index contributed by atoms with van der Waals surface area (Å²) in [4.78, 5) is 0. The molecule has 1 aromatic heterocycles. The van der Waals surface area contributed by atoms with Crippen LogP contribution in [0.5, 0.6) is 0 Å². The number of hydrogen-bond donors (Lipinski definition) is 1. The lowest BCUT2D eigenvalue weighted by Crippen LogP contribution is -2.10. The van der Waals surface area contributed by atoms with E-state index in [0.717, 1.165) is 16.5 Å². The Hall–Kier alpha value is -1.33. The van der Waals surface area contributed by atoms with Crippen LogP contribution in [0.1, 0.15) is 5.56 Å². The van der Waals surface area contributed by atoms with Crippen LogP contribution in [-0.2, 0) is 22.9 Å². The smallest absolute Gasteiger partial charge is 0.149 e. The molecule has 0 atom stereocenters. The minimum atomic E-state index is -2.94. The highest BCUT2D eigenvalue weighted by Gasteiger charge is 2.08. The Morgan fingerprint density at radius 1 is 1.29 bits per heavy atom. The van der Waals surface area contributed by atoms with E-state index in [2.05, 4.69) is 0 Å². The van der Waals surface area contributed by atoms with Crippen molar-refractivity contribution in [1.29, 1.82) is 0 Å². The van der Waals surface area contributed by atoms with Gasteiger partial charge in [0.1, 0.15) is 9.84 Å². The molecule has 5 heteroatoms. The standard InChI is InChI=1S/C12H16N2O2S/c1-17(15,16)7-6-14-9-10(8-13)11-4-2-3-5-12(11)14/h2-5,9H,6-8,13H2,1H3. The van der Waals surface area contributed by atoms with E-state index >= 15 is 0 Å². The number of nitrogens with zero attached hydrogens (tertiary/aromatic N) is 1. The van der Waals surface area contributed by atoms with Gasteiger partial charge in [0.05, 0.1) is 5.75 Å². The maximum absolute atomic E-state index is 11.2. The van der Waals surface area contributed by atoms with Crippen molar-refractivity contribution in [3.05, 3.63) is 36.0 Å². The molecular weight excluding hydrogens is 236 g/mol. The Morgan fingerprint density at radius 3 is 2.65 bits per heavy atom. The third-order valence-electron chi connectivity index (χ3n) is 2.79. The van der Waals surface area contributed by atoms with Gasteiger partial charge in [-0.05, 0) is 11.6 Å². The second-order valence-electron chi connectivity index (χ2n) is 4.20. The van der Waals surface area contributed by atoms with Gasteiger partial charge in [-0.25, -0.2) is 8.42 Å². The predicted molar refractivity (Wildman–Crippen MR) is 69.5 cm³/mol. The molecule has 2 rings (SSSR count). The number of aryl methyl sites for hydroxylation is 1. The first-order valence-corrected chi connectivity index (χ1v) is 7.52. The van der Waals surface area contributed by atoms with Crippen molar-refractivity contribution in [3.8, 4) is 0 Å². The Kier molecular flexibility index (Phi) is 3.22. The van der Waals surface area contributed by atoms with Crippen LogP contribution in [0.3, 0.4) is 0 Å². The molecule has 0 unspecified atom stereocenters. The summed E-state index contributed by atoms with van der Waals surface area (Å²) >= 11 is 0. The van der Waals surface area contributed by atoms with Crippen LogP contribution in [0.2, 0.25) is 0 Å². The molecule has 1 heterocycles. The first-order valence-electron chi connectivity index (χ1n) is 5.46. The van der Waals surface area contributed by atoms with E-state index in [1.807, 2.05) is 35.0 Å². The van der Waals surface area contributed by atoms with Crippen LogP contribution in [0.4, 0.5) is 0 Å². The van der Waals surface area contributed by atoms with Crippen molar-refractivity contribution in [2.75, 3.05) is 12.0 Å². The highest BCUT2D eigenvalue weighted by Crippen LogP contribution is 2.20. The zero-order valence-corrected chi connectivity index (χ0v) is 10.6. The fourth-order valence-electron chi connectivity index (χ4n) is 1.93.